The molecule has 112 valence electrons. The van der Waals surface area contributed by atoms with E-state index in [1.165, 1.54) is 48.8 Å². The summed E-state index contributed by atoms with van der Waals surface area (Å²) in [7, 11) is 4.41. The van der Waals surface area contributed by atoms with Gasteiger partial charge in [0.1, 0.15) is 0 Å². The molecule has 1 fully saturated rings. The van der Waals surface area contributed by atoms with Gasteiger partial charge in [-0.2, -0.15) is 0 Å². The summed E-state index contributed by atoms with van der Waals surface area (Å²) in [4.78, 5) is 2.39. The van der Waals surface area contributed by atoms with Gasteiger partial charge in [0.15, 0.2) is 0 Å². The molecule has 0 amide bonds. The van der Waals surface area contributed by atoms with E-state index in [0.29, 0.717) is 0 Å². The van der Waals surface area contributed by atoms with Crippen LogP contribution in [0.4, 0.5) is 0 Å². The molecule has 20 heavy (non-hydrogen) atoms. The maximum absolute atomic E-state index is 6.71. The number of benzene rings is 1. The number of nitrogens with zero attached hydrogens (tertiary/aromatic N) is 1. The molecule has 2 rings (SSSR count). The molecule has 0 radical (unpaired) electrons. The summed E-state index contributed by atoms with van der Waals surface area (Å²) in [6.45, 7) is 4.41. The van der Waals surface area contributed by atoms with Gasteiger partial charge in [-0.3, -0.25) is 0 Å². The Morgan fingerprint density at radius 1 is 1.10 bits per heavy atom. The summed E-state index contributed by atoms with van der Waals surface area (Å²) >= 11 is 0. The molecule has 0 bridgehead atoms. The molecule has 2 nitrogen and oxygen atoms in total. The van der Waals surface area contributed by atoms with Crippen LogP contribution < -0.4 is 5.73 Å². The van der Waals surface area contributed by atoms with E-state index in [9.17, 15) is 0 Å². The van der Waals surface area contributed by atoms with Gasteiger partial charge in [0.25, 0.3) is 0 Å². The van der Waals surface area contributed by atoms with Crippen LogP contribution in [0.2, 0.25) is 0 Å². The number of rotatable bonds is 4. The highest BCUT2D eigenvalue weighted by atomic mass is 15.2. The van der Waals surface area contributed by atoms with Crippen LogP contribution in [-0.4, -0.2) is 30.6 Å². The zero-order chi connectivity index (χ0) is 14.8. The lowest BCUT2D eigenvalue weighted by atomic mass is 9.73. The normalized spacial score (nSPS) is 20.1. The van der Waals surface area contributed by atoms with Gasteiger partial charge < -0.3 is 10.6 Å². The highest BCUT2D eigenvalue weighted by molar-refractivity contribution is 5.34. The first-order valence-electron chi connectivity index (χ1n) is 7.95. The zero-order valence-corrected chi connectivity index (χ0v) is 13.6. The molecular weight excluding hydrogens is 244 g/mol. The van der Waals surface area contributed by atoms with Gasteiger partial charge in [0, 0.05) is 11.6 Å². The molecule has 0 saturated heterocycles. The molecule has 1 aromatic rings. The minimum atomic E-state index is 0.187. The van der Waals surface area contributed by atoms with E-state index in [4.69, 9.17) is 5.73 Å². The molecular formula is C18H30N2. The van der Waals surface area contributed by atoms with Crippen molar-refractivity contribution in [2.24, 2.45) is 5.73 Å². The van der Waals surface area contributed by atoms with Gasteiger partial charge in [0.05, 0.1) is 0 Å². The molecule has 0 aromatic heterocycles. The molecule has 0 spiro atoms. The van der Waals surface area contributed by atoms with Crippen molar-refractivity contribution < 1.29 is 0 Å². The SMILES string of the molecule is Cc1cccc(C)c1CC(N)C1(N(C)C)CCCCC1. The Bertz CT molecular complexity index is 424. The van der Waals surface area contributed by atoms with Crippen LogP contribution in [0, 0.1) is 13.8 Å². The van der Waals surface area contributed by atoms with Gasteiger partial charge in [-0.25, -0.2) is 0 Å². The van der Waals surface area contributed by atoms with Crippen molar-refractivity contribution in [3.63, 3.8) is 0 Å². The van der Waals surface area contributed by atoms with Gasteiger partial charge in [-0.05, 0) is 63.9 Å². The fourth-order valence-corrected chi connectivity index (χ4v) is 3.89. The van der Waals surface area contributed by atoms with Crippen molar-refractivity contribution in [2.75, 3.05) is 14.1 Å². The topological polar surface area (TPSA) is 29.3 Å². The van der Waals surface area contributed by atoms with Gasteiger partial charge in [-0.1, -0.05) is 37.5 Å². The third-order valence-electron chi connectivity index (χ3n) is 5.37. The summed E-state index contributed by atoms with van der Waals surface area (Å²) in [6, 6.07) is 6.77. The molecule has 1 unspecified atom stereocenters. The number of likely N-dealkylation sites (N-methyl/N-ethyl adjacent to an activating group) is 1. The van der Waals surface area contributed by atoms with E-state index in [-0.39, 0.29) is 11.6 Å². The molecule has 1 saturated carbocycles. The minimum Gasteiger partial charge on any atom is -0.326 e. The van der Waals surface area contributed by atoms with Crippen LogP contribution in [-0.2, 0) is 6.42 Å². The van der Waals surface area contributed by atoms with Gasteiger partial charge in [-0.15, -0.1) is 0 Å². The van der Waals surface area contributed by atoms with E-state index in [2.05, 4.69) is 51.0 Å². The second-order valence-corrected chi connectivity index (χ2v) is 6.74. The molecule has 0 aliphatic heterocycles. The van der Waals surface area contributed by atoms with Crippen LogP contribution in [0.25, 0.3) is 0 Å². The summed E-state index contributed by atoms with van der Waals surface area (Å²) < 4.78 is 0. The zero-order valence-electron chi connectivity index (χ0n) is 13.6. The average Bonchev–Trinajstić information content (AvgIpc) is 2.43. The fourth-order valence-electron chi connectivity index (χ4n) is 3.89. The molecule has 0 heterocycles. The smallest absolute Gasteiger partial charge is 0.0357 e. The fraction of sp³-hybridized carbons (Fsp3) is 0.667. The Labute approximate surface area is 124 Å². The van der Waals surface area contributed by atoms with E-state index in [1.807, 2.05) is 0 Å². The van der Waals surface area contributed by atoms with Crippen molar-refractivity contribution in [3.05, 3.63) is 34.9 Å². The van der Waals surface area contributed by atoms with Crippen molar-refractivity contribution >= 4 is 0 Å². The highest BCUT2D eigenvalue weighted by Gasteiger charge is 2.39. The van der Waals surface area contributed by atoms with Crippen LogP contribution >= 0.6 is 0 Å². The van der Waals surface area contributed by atoms with Crippen molar-refractivity contribution in [3.8, 4) is 0 Å². The molecule has 1 aliphatic carbocycles. The lowest BCUT2D eigenvalue weighted by Gasteiger charge is -2.47. The third kappa shape index (κ3) is 2.91. The second kappa shape index (κ2) is 6.28. The number of nitrogens with two attached hydrogens (primary N) is 1. The molecule has 1 aromatic carbocycles. The van der Waals surface area contributed by atoms with Crippen LogP contribution in [0.1, 0.15) is 48.8 Å². The van der Waals surface area contributed by atoms with Gasteiger partial charge >= 0.3 is 0 Å². The Morgan fingerprint density at radius 3 is 2.15 bits per heavy atom. The Kier molecular flexibility index (Phi) is 4.87. The third-order valence-corrected chi connectivity index (χ3v) is 5.37. The molecule has 2 N–H and O–H groups in total. The standard InChI is InChI=1S/C18H30N2/c1-14-9-8-10-15(2)16(14)13-17(19)18(20(3)4)11-6-5-7-12-18/h8-10,17H,5-7,11-13,19H2,1-4H3. The Balaban J connectivity index is 2.23. The first kappa shape index (κ1) is 15.5. The summed E-state index contributed by atoms with van der Waals surface area (Å²) in [6.07, 6.45) is 7.48. The van der Waals surface area contributed by atoms with Crippen LogP contribution in [0.5, 0.6) is 0 Å². The lowest BCUT2D eigenvalue weighted by molar-refractivity contribution is 0.0715. The molecule has 2 heteroatoms. The summed E-state index contributed by atoms with van der Waals surface area (Å²) in [5.41, 5.74) is 11.1. The minimum absolute atomic E-state index is 0.187. The van der Waals surface area contributed by atoms with Crippen molar-refractivity contribution in [2.45, 2.75) is 64.0 Å². The second-order valence-electron chi connectivity index (χ2n) is 6.74. The molecule has 1 atom stereocenters. The predicted octanol–water partition coefficient (Wildman–Crippen LogP) is 3.44. The summed E-state index contributed by atoms with van der Waals surface area (Å²) in [5, 5.41) is 0. The largest absolute Gasteiger partial charge is 0.326 e. The van der Waals surface area contributed by atoms with Crippen LogP contribution in [0.15, 0.2) is 18.2 Å². The maximum atomic E-state index is 6.71. The average molecular weight is 274 g/mol. The number of aryl methyl sites for hydroxylation is 2. The Morgan fingerprint density at radius 2 is 1.65 bits per heavy atom. The first-order valence-corrected chi connectivity index (χ1v) is 7.95. The lowest BCUT2D eigenvalue weighted by Crippen LogP contribution is -2.59. The summed E-state index contributed by atoms with van der Waals surface area (Å²) in [5.74, 6) is 0. The van der Waals surface area contributed by atoms with Crippen molar-refractivity contribution in [1.82, 2.24) is 4.90 Å². The monoisotopic (exact) mass is 274 g/mol. The van der Waals surface area contributed by atoms with Crippen LogP contribution in [0.3, 0.4) is 0 Å². The maximum Gasteiger partial charge on any atom is 0.0357 e. The number of hydrogen-bond acceptors (Lipinski definition) is 2. The quantitative estimate of drug-likeness (QED) is 0.911. The van der Waals surface area contributed by atoms with E-state index >= 15 is 0 Å². The van der Waals surface area contributed by atoms with E-state index in [1.54, 1.807) is 0 Å². The highest BCUT2D eigenvalue weighted by Crippen LogP contribution is 2.36. The molecule has 1 aliphatic rings. The number of hydrogen-bond donors (Lipinski definition) is 1. The van der Waals surface area contributed by atoms with E-state index < -0.39 is 0 Å². The first-order chi connectivity index (χ1) is 9.47. The van der Waals surface area contributed by atoms with Gasteiger partial charge in [0.2, 0.25) is 0 Å². The van der Waals surface area contributed by atoms with Crippen molar-refractivity contribution in [1.29, 1.82) is 0 Å². The predicted molar refractivity (Wildman–Crippen MR) is 87.1 cm³/mol. The van der Waals surface area contributed by atoms with E-state index in [0.717, 1.165) is 6.42 Å². The Hall–Kier alpha value is -0.860.